The number of alkyl halides is 3. The number of esters is 1. The van der Waals surface area contributed by atoms with E-state index in [9.17, 15) is 27.6 Å². The van der Waals surface area contributed by atoms with E-state index in [1.165, 1.54) is 11.6 Å². The van der Waals surface area contributed by atoms with Crippen LogP contribution >= 0.6 is 0 Å². The van der Waals surface area contributed by atoms with Crippen molar-refractivity contribution in [1.29, 1.82) is 0 Å². The highest BCUT2D eigenvalue weighted by Crippen LogP contribution is 2.38. The molecule has 0 spiro atoms. The van der Waals surface area contributed by atoms with Crippen molar-refractivity contribution >= 4 is 23.9 Å². The van der Waals surface area contributed by atoms with Crippen LogP contribution in [0, 0.1) is 0 Å². The highest BCUT2D eigenvalue weighted by Gasteiger charge is 2.51. The maximum atomic E-state index is 12.4. The minimum absolute atomic E-state index is 0.0343. The van der Waals surface area contributed by atoms with Crippen molar-refractivity contribution in [3.05, 3.63) is 41.5 Å². The normalized spacial score (nSPS) is 18.0. The molecule has 2 aliphatic rings. The molecule has 1 amide bonds. The summed E-state index contributed by atoms with van der Waals surface area (Å²) in [6.07, 6.45) is 2.68. The van der Waals surface area contributed by atoms with Crippen molar-refractivity contribution in [2.75, 3.05) is 0 Å². The molecular formula is C21H23F3N2O5. The number of hydroxylamine groups is 1. The summed E-state index contributed by atoms with van der Waals surface area (Å²) in [6, 6.07) is 7.01. The fraction of sp³-hybridized carbons (Fsp3) is 0.476. The Hall–Kier alpha value is -2.88. The smallest absolute Gasteiger partial charge is 0.461 e. The third kappa shape index (κ3) is 6.55. The van der Waals surface area contributed by atoms with Gasteiger partial charge in [-0.1, -0.05) is 24.3 Å². The lowest BCUT2D eigenvalue weighted by molar-refractivity contribution is -0.207. The maximum absolute atomic E-state index is 12.4. The Balaban J connectivity index is 1.43. The Bertz CT molecular complexity index is 842. The molecule has 3 rings (SSSR count). The van der Waals surface area contributed by atoms with E-state index in [1.54, 1.807) is 24.3 Å². The first-order valence-corrected chi connectivity index (χ1v) is 9.99. The standard InChI is InChI=1S/C21H23F3N2O5/c22-21(23,24)19(29)31-26-17(27)10-9-14-5-7-15(8-6-14)13-25-20(11-12-20)18(28)30-16-3-1-2-4-16/h5-10,16,25H,1-4,11-13H2,(H,26,27)/b10-9+. The zero-order valence-corrected chi connectivity index (χ0v) is 16.7. The molecule has 2 aliphatic carbocycles. The first-order chi connectivity index (χ1) is 14.7. The van der Waals surface area contributed by atoms with Crippen LogP contribution in [0.2, 0.25) is 0 Å². The van der Waals surface area contributed by atoms with Gasteiger partial charge in [-0.2, -0.15) is 18.7 Å². The van der Waals surface area contributed by atoms with Crippen LogP contribution in [-0.4, -0.2) is 35.7 Å². The Morgan fingerprint density at radius 1 is 1.10 bits per heavy atom. The van der Waals surface area contributed by atoms with Gasteiger partial charge in [0.1, 0.15) is 11.6 Å². The SMILES string of the molecule is O=C(/C=C/c1ccc(CNC2(C(=O)OC3CCCC3)CC2)cc1)NOC(=O)C(F)(F)F. The Labute approximate surface area is 176 Å². The zero-order valence-electron chi connectivity index (χ0n) is 16.7. The van der Waals surface area contributed by atoms with E-state index >= 15 is 0 Å². The molecule has 2 N–H and O–H groups in total. The second-order valence-corrected chi connectivity index (χ2v) is 7.68. The van der Waals surface area contributed by atoms with E-state index in [2.05, 4.69) is 10.2 Å². The summed E-state index contributed by atoms with van der Waals surface area (Å²) in [5, 5.41) is 3.27. The van der Waals surface area contributed by atoms with Gasteiger partial charge in [0.25, 0.3) is 5.91 Å². The van der Waals surface area contributed by atoms with E-state index in [-0.39, 0.29) is 12.1 Å². The summed E-state index contributed by atoms with van der Waals surface area (Å²) in [5.41, 5.74) is 2.33. The molecule has 0 atom stereocenters. The Kier molecular flexibility index (Phi) is 6.99. The molecule has 1 aromatic rings. The summed E-state index contributed by atoms with van der Waals surface area (Å²) < 4.78 is 41.6. The molecule has 7 nitrogen and oxygen atoms in total. The van der Waals surface area contributed by atoms with Gasteiger partial charge in [-0.25, -0.2) is 4.79 Å². The molecule has 31 heavy (non-hydrogen) atoms. The molecule has 0 saturated heterocycles. The van der Waals surface area contributed by atoms with Crippen LogP contribution in [0.15, 0.2) is 30.3 Å². The Morgan fingerprint density at radius 3 is 2.32 bits per heavy atom. The second kappa shape index (κ2) is 9.51. The number of ether oxygens (including phenoxy) is 1. The van der Waals surface area contributed by atoms with Gasteiger partial charge in [-0.15, -0.1) is 0 Å². The first-order valence-electron chi connectivity index (χ1n) is 9.99. The summed E-state index contributed by atoms with van der Waals surface area (Å²) in [7, 11) is 0. The number of nitrogens with one attached hydrogen (secondary N) is 2. The van der Waals surface area contributed by atoms with Crippen LogP contribution in [-0.2, 0) is 30.5 Å². The van der Waals surface area contributed by atoms with Crippen molar-refractivity contribution in [3.63, 3.8) is 0 Å². The fourth-order valence-corrected chi connectivity index (χ4v) is 3.23. The first kappa shape index (κ1) is 22.8. The molecule has 0 radical (unpaired) electrons. The monoisotopic (exact) mass is 440 g/mol. The van der Waals surface area contributed by atoms with Crippen LogP contribution in [0.4, 0.5) is 13.2 Å². The minimum atomic E-state index is -5.19. The van der Waals surface area contributed by atoms with Crippen LogP contribution in [0.5, 0.6) is 0 Å². The molecule has 0 aromatic heterocycles. The molecule has 2 saturated carbocycles. The topological polar surface area (TPSA) is 93.7 Å². The molecule has 1 aromatic carbocycles. The van der Waals surface area contributed by atoms with Gasteiger partial charge in [0, 0.05) is 12.6 Å². The van der Waals surface area contributed by atoms with Gasteiger partial charge in [0.2, 0.25) is 0 Å². The van der Waals surface area contributed by atoms with Gasteiger partial charge in [-0.05, 0) is 55.7 Å². The van der Waals surface area contributed by atoms with Crippen molar-refractivity contribution in [3.8, 4) is 0 Å². The fourth-order valence-electron chi connectivity index (χ4n) is 3.23. The molecule has 0 bridgehead atoms. The minimum Gasteiger partial charge on any atom is -0.461 e. The molecule has 0 heterocycles. The number of amides is 1. The van der Waals surface area contributed by atoms with Gasteiger partial charge in [0.05, 0.1) is 0 Å². The van der Waals surface area contributed by atoms with Crippen LogP contribution in [0.1, 0.15) is 49.7 Å². The summed E-state index contributed by atoms with van der Waals surface area (Å²) in [4.78, 5) is 38.0. The van der Waals surface area contributed by atoms with Gasteiger partial charge in [0.15, 0.2) is 0 Å². The molecule has 168 valence electrons. The average Bonchev–Trinajstić information content (AvgIpc) is 3.36. The summed E-state index contributed by atoms with van der Waals surface area (Å²) >= 11 is 0. The van der Waals surface area contributed by atoms with E-state index in [1.807, 2.05) is 0 Å². The Morgan fingerprint density at radius 2 is 1.74 bits per heavy atom. The van der Waals surface area contributed by atoms with E-state index in [4.69, 9.17) is 4.74 Å². The quantitative estimate of drug-likeness (QED) is 0.385. The lowest BCUT2D eigenvalue weighted by Crippen LogP contribution is -2.41. The average molecular weight is 440 g/mol. The van der Waals surface area contributed by atoms with Crippen LogP contribution < -0.4 is 10.8 Å². The number of carbonyl (C=O) groups excluding carboxylic acids is 3. The third-order valence-corrected chi connectivity index (χ3v) is 5.23. The van der Waals surface area contributed by atoms with Crippen LogP contribution in [0.3, 0.4) is 0 Å². The predicted octanol–water partition coefficient (Wildman–Crippen LogP) is 2.94. The van der Waals surface area contributed by atoms with Crippen molar-refractivity contribution in [2.24, 2.45) is 0 Å². The second-order valence-electron chi connectivity index (χ2n) is 7.68. The van der Waals surface area contributed by atoms with Crippen molar-refractivity contribution in [2.45, 2.75) is 62.9 Å². The maximum Gasteiger partial charge on any atom is 0.493 e. The number of hydrogen-bond donors (Lipinski definition) is 2. The summed E-state index contributed by atoms with van der Waals surface area (Å²) in [6.45, 7) is 0.470. The van der Waals surface area contributed by atoms with Gasteiger partial charge in [-0.3, -0.25) is 14.9 Å². The summed E-state index contributed by atoms with van der Waals surface area (Å²) in [5.74, 6) is -3.71. The van der Waals surface area contributed by atoms with E-state index in [0.717, 1.165) is 50.2 Å². The highest BCUT2D eigenvalue weighted by atomic mass is 19.4. The lowest BCUT2D eigenvalue weighted by atomic mass is 10.1. The molecule has 2 fully saturated rings. The van der Waals surface area contributed by atoms with E-state index < -0.39 is 23.6 Å². The molecule has 0 unspecified atom stereocenters. The molecule has 0 aliphatic heterocycles. The van der Waals surface area contributed by atoms with Crippen LogP contribution in [0.25, 0.3) is 6.08 Å². The van der Waals surface area contributed by atoms with Crippen molar-refractivity contribution in [1.82, 2.24) is 10.8 Å². The number of carbonyl (C=O) groups is 3. The zero-order chi connectivity index (χ0) is 22.5. The van der Waals surface area contributed by atoms with Gasteiger partial charge < -0.3 is 9.57 Å². The van der Waals surface area contributed by atoms with E-state index in [0.29, 0.717) is 12.1 Å². The highest BCUT2D eigenvalue weighted by molar-refractivity contribution is 5.92. The number of hydrogen-bond acceptors (Lipinski definition) is 6. The predicted molar refractivity (Wildman–Crippen MR) is 103 cm³/mol. The third-order valence-electron chi connectivity index (χ3n) is 5.23. The van der Waals surface area contributed by atoms with Crippen molar-refractivity contribution < 1.29 is 37.1 Å². The number of halogens is 3. The largest absolute Gasteiger partial charge is 0.493 e. The number of rotatable bonds is 7. The number of benzene rings is 1. The molecule has 10 heteroatoms. The lowest BCUT2D eigenvalue weighted by Gasteiger charge is -2.19. The molecular weight excluding hydrogens is 417 g/mol. The van der Waals surface area contributed by atoms with Gasteiger partial charge >= 0.3 is 18.1 Å².